The third-order valence-electron chi connectivity index (χ3n) is 3.60. The summed E-state index contributed by atoms with van der Waals surface area (Å²) in [4.78, 5) is 13.2. The lowest BCUT2D eigenvalue weighted by Gasteiger charge is -2.20. The number of amides is 1. The molecule has 0 spiro atoms. The van der Waals surface area contributed by atoms with Gasteiger partial charge in [0.1, 0.15) is 5.75 Å². The van der Waals surface area contributed by atoms with E-state index in [4.69, 9.17) is 9.15 Å². The number of para-hydroxylation sites is 1. The third kappa shape index (κ3) is 3.34. The van der Waals surface area contributed by atoms with E-state index in [0.717, 1.165) is 4.90 Å². The number of benzene rings is 1. The number of nitrogens with zero attached hydrogens (tertiary/aromatic N) is 1. The number of carbonyl (C=O) groups excluding carboxylic acids is 1. The fraction of sp³-hybridized carbons (Fsp3) is 0.312. The molecule has 0 saturated carbocycles. The fourth-order valence-electron chi connectivity index (χ4n) is 2.53. The maximum atomic E-state index is 13.4. The fourth-order valence-corrected chi connectivity index (χ4v) is 2.53. The molecule has 1 fully saturated rings. The van der Waals surface area contributed by atoms with Gasteiger partial charge in [-0.2, -0.15) is 0 Å². The van der Waals surface area contributed by atoms with Crippen LogP contribution in [0.2, 0.25) is 0 Å². The SMILES string of the molecule is O=C(c1ccc(Oc2ccccc2)o1)N1CC(F)(F)CC1CO. The molecule has 0 aliphatic carbocycles. The van der Waals surface area contributed by atoms with Crippen molar-refractivity contribution in [3.8, 4) is 11.7 Å². The van der Waals surface area contributed by atoms with Crippen LogP contribution >= 0.6 is 0 Å². The molecular weight excluding hydrogens is 308 g/mol. The predicted molar refractivity (Wildman–Crippen MR) is 76.7 cm³/mol. The average molecular weight is 323 g/mol. The largest absolute Gasteiger partial charge is 0.426 e. The molecule has 1 unspecified atom stereocenters. The minimum absolute atomic E-state index is 0.0889. The highest BCUT2D eigenvalue weighted by atomic mass is 19.3. The summed E-state index contributed by atoms with van der Waals surface area (Å²) in [5.74, 6) is -3.18. The number of aliphatic hydroxyl groups excluding tert-OH is 1. The van der Waals surface area contributed by atoms with Gasteiger partial charge in [-0.05, 0) is 18.2 Å². The Morgan fingerprint density at radius 2 is 2.04 bits per heavy atom. The van der Waals surface area contributed by atoms with E-state index in [0.29, 0.717) is 5.75 Å². The van der Waals surface area contributed by atoms with Crippen molar-refractivity contribution in [2.75, 3.05) is 13.2 Å². The first-order valence-corrected chi connectivity index (χ1v) is 7.11. The van der Waals surface area contributed by atoms with Crippen molar-refractivity contribution in [2.45, 2.75) is 18.4 Å². The van der Waals surface area contributed by atoms with Gasteiger partial charge >= 0.3 is 0 Å². The van der Waals surface area contributed by atoms with Gasteiger partial charge in [-0.25, -0.2) is 8.78 Å². The number of alkyl halides is 2. The summed E-state index contributed by atoms with van der Waals surface area (Å²) in [6.07, 6.45) is -0.552. The summed E-state index contributed by atoms with van der Waals surface area (Å²) in [7, 11) is 0. The topological polar surface area (TPSA) is 62.9 Å². The van der Waals surface area contributed by atoms with E-state index in [2.05, 4.69) is 0 Å². The van der Waals surface area contributed by atoms with Crippen LogP contribution < -0.4 is 4.74 Å². The highest BCUT2D eigenvalue weighted by Crippen LogP contribution is 2.33. The molecular formula is C16H15F2NO4. The van der Waals surface area contributed by atoms with E-state index in [1.165, 1.54) is 12.1 Å². The van der Waals surface area contributed by atoms with Crippen LogP contribution in [0, 0.1) is 0 Å². The van der Waals surface area contributed by atoms with Crippen molar-refractivity contribution in [2.24, 2.45) is 0 Å². The van der Waals surface area contributed by atoms with Crippen LogP contribution in [-0.4, -0.2) is 41.0 Å². The number of furan rings is 1. The summed E-state index contributed by atoms with van der Waals surface area (Å²) in [5.41, 5.74) is 0. The van der Waals surface area contributed by atoms with Crippen LogP contribution in [0.3, 0.4) is 0 Å². The van der Waals surface area contributed by atoms with Crippen LogP contribution in [0.25, 0.3) is 0 Å². The first-order chi connectivity index (χ1) is 11.0. The minimum atomic E-state index is -3.00. The number of likely N-dealkylation sites (tertiary alicyclic amines) is 1. The predicted octanol–water partition coefficient (Wildman–Crippen LogP) is 2.91. The van der Waals surface area contributed by atoms with Crippen molar-refractivity contribution in [1.82, 2.24) is 4.90 Å². The second-order valence-corrected chi connectivity index (χ2v) is 5.36. The molecule has 122 valence electrons. The van der Waals surface area contributed by atoms with Gasteiger partial charge in [-0.1, -0.05) is 18.2 Å². The van der Waals surface area contributed by atoms with Gasteiger partial charge in [-0.3, -0.25) is 4.79 Å². The van der Waals surface area contributed by atoms with E-state index < -0.39 is 37.4 Å². The van der Waals surface area contributed by atoms with Gasteiger partial charge in [0.15, 0.2) is 5.76 Å². The van der Waals surface area contributed by atoms with E-state index >= 15 is 0 Å². The first-order valence-electron chi connectivity index (χ1n) is 7.11. The third-order valence-corrected chi connectivity index (χ3v) is 3.60. The Balaban J connectivity index is 1.73. The van der Waals surface area contributed by atoms with Crippen LogP contribution in [0.1, 0.15) is 17.0 Å². The second kappa shape index (κ2) is 6.00. The number of aliphatic hydroxyl groups is 1. The van der Waals surface area contributed by atoms with Crippen molar-refractivity contribution in [3.05, 3.63) is 48.2 Å². The van der Waals surface area contributed by atoms with Gasteiger partial charge in [0.05, 0.1) is 19.2 Å². The van der Waals surface area contributed by atoms with Gasteiger partial charge in [0.2, 0.25) is 0 Å². The molecule has 1 aromatic carbocycles. The highest BCUT2D eigenvalue weighted by Gasteiger charge is 2.47. The van der Waals surface area contributed by atoms with Gasteiger partial charge in [0.25, 0.3) is 17.8 Å². The standard InChI is InChI=1S/C16H15F2NO4/c17-16(18)8-11(9-20)19(10-16)15(21)13-6-7-14(23-13)22-12-4-2-1-3-5-12/h1-7,11,20H,8-10H2. The summed E-state index contributed by atoms with van der Waals surface area (Å²) in [5, 5.41) is 9.18. The van der Waals surface area contributed by atoms with E-state index in [-0.39, 0.29) is 11.7 Å². The molecule has 1 amide bonds. The van der Waals surface area contributed by atoms with Crippen LogP contribution in [0.5, 0.6) is 11.7 Å². The van der Waals surface area contributed by atoms with E-state index in [9.17, 15) is 18.7 Å². The van der Waals surface area contributed by atoms with Crippen molar-refractivity contribution >= 4 is 5.91 Å². The molecule has 5 nitrogen and oxygen atoms in total. The molecule has 1 aliphatic rings. The molecule has 1 saturated heterocycles. The second-order valence-electron chi connectivity index (χ2n) is 5.36. The number of ether oxygens (including phenoxy) is 1. The van der Waals surface area contributed by atoms with Gasteiger partial charge in [0, 0.05) is 12.5 Å². The summed E-state index contributed by atoms with van der Waals surface area (Å²) < 4.78 is 37.6. The number of hydrogen-bond donors (Lipinski definition) is 1. The molecule has 0 radical (unpaired) electrons. The summed E-state index contributed by atoms with van der Waals surface area (Å²) in [6, 6.07) is 10.7. The summed E-state index contributed by atoms with van der Waals surface area (Å²) >= 11 is 0. The van der Waals surface area contributed by atoms with Crippen molar-refractivity contribution < 1.29 is 27.8 Å². The quantitative estimate of drug-likeness (QED) is 0.940. The highest BCUT2D eigenvalue weighted by molar-refractivity contribution is 5.92. The molecule has 0 bridgehead atoms. The summed E-state index contributed by atoms with van der Waals surface area (Å²) in [6.45, 7) is -1.25. The maximum Gasteiger partial charge on any atom is 0.290 e. The lowest BCUT2D eigenvalue weighted by molar-refractivity contribution is 0.0112. The lowest BCUT2D eigenvalue weighted by atomic mass is 10.2. The molecule has 2 aromatic rings. The van der Waals surface area contributed by atoms with E-state index in [1.807, 2.05) is 6.07 Å². The zero-order valence-electron chi connectivity index (χ0n) is 12.1. The number of carbonyl (C=O) groups is 1. The zero-order chi connectivity index (χ0) is 16.4. The molecule has 23 heavy (non-hydrogen) atoms. The number of rotatable bonds is 4. The first kappa shape index (κ1) is 15.5. The smallest absolute Gasteiger partial charge is 0.290 e. The number of hydrogen-bond acceptors (Lipinski definition) is 4. The molecule has 1 N–H and O–H groups in total. The van der Waals surface area contributed by atoms with Gasteiger partial charge < -0.3 is 19.2 Å². The monoisotopic (exact) mass is 323 g/mol. The Labute approximate surface area is 131 Å². The minimum Gasteiger partial charge on any atom is -0.426 e. The lowest BCUT2D eigenvalue weighted by Crippen LogP contribution is -2.38. The maximum absolute atomic E-state index is 13.4. The van der Waals surface area contributed by atoms with Gasteiger partial charge in [-0.15, -0.1) is 0 Å². The van der Waals surface area contributed by atoms with Crippen LogP contribution in [0.15, 0.2) is 46.9 Å². The Morgan fingerprint density at radius 1 is 1.30 bits per heavy atom. The van der Waals surface area contributed by atoms with Crippen LogP contribution in [-0.2, 0) is 0 Å². The van der Waals surface area contributed by atoms with Crippen molar-refractivity contribution in [3.63, 3.8) is 0 Å². The molecule has 1 aromatic heterocycles. The Morgan fingerprint density at radius 3 is 2.74 bits per heavy atom. The normalized spacial score (nSPS) is 19.8. The average Bonchev–Trinajstić information content (AvgIpc) is 3.11. The molecule has 3 rings (SSSR count). The molecule has 1 atom stereocenters. The Hall–Kier alpha value is -2.41. The Kier molecular flexibility index (Phi) is 4.04. The van der Waals surface area contributed by atoms with Crippen molar-refractivity contribution in [1.29, 1.82) is 0 Å². The Bertz CT molecular complexity index is 686. The van der Waals surface area contributed by atoms with Crippen LogP contribution in [0.4, 0.5) is 8.78 Å². The molecule has 7 heteroatoms. The molecule has 1 aliphatic heterocycles. The molecule has 2 heterocycles. The zero-order valence-corrected chi connectivity index (χ0v) is 12.1. The van der Waals surface area contributed by atoms with E-state index in [1.54, 1.807) is 24.3 Å². The number of halogens is 2.